The van der Waals surface area contributed by atoms with E-state index in [4.69, 9.17) is 13.7 Å². The lowest BCUT2D eigenvalue weighted by atomic mass is 10.0. The Morgan fingerprint density at radius 3 is 2.42 bits per heavy atom. The van der Waals surface area contributed by atoms with Crippen LogP contribution >= 0.6 is 0 Å². The SMILES string of the molecule is COc1ccc2cc(C(=O)Cc3cccnc3)c(=O)oc2c1.Cc1ccc(S(=O)(=O)O)cc1. The van der Waals surface area contributed by atoms with Crippen LogP contribution in [0.5, 0.6) is 5.75 Å². The van der Waals surface area contributed by atoms with E-state index in [1.807, 2.05) is 6.92 Å². The van der Waals surface area contributed by atoms with Crippen molar-refractivity contribution < 1.29 is 26.9 Å². The molecule has 0 saturated carbocycles. The lowest BCUT2D eigenvalue weighted by molar-refractivity contribution is 0.0989. The standard InChI is InChI=1S/C17H13NO4.C7H8O3S/c1-21-13-5-4-12-8-14(17(20)22-16(12)9-13)15(19)7-11-3-2-6-18-10-11;1-6-2-4-7(5-3-6)11(8,9)10/h2-6,8-10H,7H2,1H3;2-5H,1H3,(H,8,9,10). The minimum Gasteiger partial charge on any atom is -0.497 e. The smallest absolute Gasteiger partial charge is 0.347 e. The quantitative estimate of drug-likeness (QED) is 0.267. The highest BCUT2D eigenvalue weighted by Crippen LogP contribution is 2.20. The fourth-order valence-corrected chi connectivity index (χ4v) is 3.39. The normalized spacial score (nSPS) is 10.9. The highest BCUT2D eigenvalue weighted by molar-refractivity contribution is 7.85. The van der Waals surface area contributed by atoms with E-state index in [9.17, 15) is 18.0 Å². The number of fused-ring (bicyclic) bond motifs is 1. The van der Waals surface area contributed by atoms with Gasteiger partial charge in [-0.1, -0.05) is 23.8 Å². The maximum atomic E-state index is 12.3. The number of aryl methyl sites for hydroxylation is 1. The summed E-state index contributed by atoms with van der Waals surface area (Å²) in [6.45, 7) is 1.84. The van der Waals surface area contributed by atoms with Crippen molar-refractivity contribution in [1.82, 2.24) is 4.98 Å². The lowest BCUT2D eigenvalue weighted by Gasteiger charge is -2.04. The van der Waals surface area contributed by atoms with E-state index in [-0.39, 0.29) is 22.7 Å². The molecule has 0 fully saturated rings. The molecule has 0 aliphatic rings. The van der Waals surface area contributed by atoms with Gasteiger partial charge in [-0.3, -0.25) is 14.3 Å². The predicted octanol–water partition coefficient (Wildman–Crippen LogP) is 3.86. The summed E-state index contributed by atoms with van der Waals surface area (Å²) in [6.07, 6.45) is 3.34. The van der Waals surface area contributed by atoms with Crippen LogP contribution in [0.3, 0.4) is 0 Å². The number of carbonyl (C=O) groups excluding carboxylic acids is 1. The van der Waals surface area contributed by atoms with Gasteiger partial charge in [-0.15, -0.1) is 0 Å². The first kappa shape index (κ1) is 23.8. The topological polar surface area (TPSA) is 124 Å². The molecule has 0 bridgehead atoms. The molecule has 1 N–H and O–H groups in total. The monoisotopic (exact) mass is 467 g/mol. The van der Waals surface area contributed by atoms with Gasteiger partial charge in [0.05, 0.1) is 12.0 Å². The Morgan fingerprint density at radius 1 is 1.09 bits per heavy atom. The molecule has 4 rings (SSSR count). The first-order chi connectivity index (χ1) is 15.7. The number of pyridine rings is 1. The minimum atomic E-state index is -4.02. The van der Waals surface area contributed by atoms with Crippen molar-refractivity contribution >= 4 is 26.9 Å². The summed E-state index contributed by atoms with van der Waals surface area (Å²) < 4.78 is 39.9. The van der Waals surface area contributed by atoms with Crippen LogP contribution in [0.15, 0.2) is 87.2 Å². The van der Waals surface area contributed by atoms with Gasteiger partial charge in [0.1, 0.15) is 16.9 Å². The number of hydrogen-bond donors (Lipinski definition) is 1. The van der Waals surface area contributed by atoms with Crippen LogP contribution in [0.25, 0.3) is 11.0 Å². The molecule has 8 nitrogen and oxygen atoms in total. The number of carbonyl (C=O) groups is 1. The van der Waals surface area contributed by atoms with Gasteiger partial charge < -0.3 is 9.15 Å². The van der Waals surface area contributed by atoms with Gasteiger partial charge in [0.2, 0.25) is 0 Å². The Hall–Kier alpha value is -3.82. The zero-order valence-corrected chi connectivity index (χ0v) is 18.7. The van der Waals surface area contributed by atoms with Gasteiger partial charge in [-0.05, 0) is 48.9 Å². The molecule has 9 heteroatoms. The van der Waals surface area contributed by atoms with E-state index in [1.165, 1.54) is 19.2 Å². The van der Waals surface area contributed by atoms with Crippen molar-refractivity contribution in [2.45, 2.75) is 18.2 Å². The van der Waals surface area contributed by atoms with Crippen molar-refractivity contribution in [3.8, 4) is 5.75 Å². The van der Waals surface area contributed by atoms with E-state index < -0.39 is 15.7 Å². The molecule has 0 amide bonds. The lowest BCUT2D eigenvalue weighted by Crippen LogP contribution is -2.15. The van der Waals surface area contributed by atoms with Crippen LogP contribution < -0.4 is 10.4 Å². The summed E-state index contributed by atoms with van der Waals surface area (Å²) in [6, 6.07) is 16.2. The third-order valence-electron chi connectivity index (χ3n) is 4.65. The number of aromatic nitrogens is 1. The van der Waals surface area contributed by atoms with Crippen molar-refractivity contribution in [3.05, 3.63) is 100 Å². The molecule has 0 saturated heterocycles. The van der Waals surface area contributed by atoms with Gasteiger partial charge in [-0.25, -0.2) is 4.79 Å². The highest BCUT2D eigenvalue weighted by atomic mass is 32.2. The zero-order valence-electron chi connectivity index (χ0n) is 17.9. The number of hydrogen-bond acceptors (Lipinski definition) is 7. The molecule has 2 heterocycles. The third kappa shape index (κ3) is 6.34. The number of rotatable bonds is 5. The number of Topliss-reactive ketones (excluding diaryl/α,β-unsaturated/α-hetero) is 1. The first-order valence-corrected chi connectivity index (χ1v) is 11.2. The maximum absolute atomic E-state index is 12.3. The molecule has 0 atom stereocenters. The van der Waals surface area contributed by atoms with Crippen LogP contribution in [-0.4, -0.2) is 30.8 Å². The number of benzene rings is 2. The molecule has 0 aliphatic carbocycles. The number of nitrogens with zero attached hydrogens (tertiary/aromatic N) is 1. The summed E-state index contributed by atoms with van der Waals surface area (Å²) in [5, 5.41) is 0.676. The minimum absolute atomic E-state index is 0.0431. The van der Waals surface area contributed by atoms with E-state index in [0.29, 0.717) is 16.7 Å². The molecular formula is C24H21NO7S. The zero-order chi connectivity index (χ0) is 24.0. The van der Waals surface area contributed by atoms with Crippen molar-refractivity contribution in [2.24, 2.45) is 0 Å². The molecule has 0 aliphatic heterocycles. The molecule has 0 spiro atoms. The predicted molar refractivity (Wildman–Crippen MR) is 122 cm³/mol. The molecule has 0 radical (unpaired) electrons. The van der Waals surface area contributed by atoms with Crippen LogP contribution in [0.1, 0.15) is 21.5 Å². The molecule has 170 valence electrons. The second kappa shape index (κ2) is 10.2. The largest absolute Gasteiger partial charge is 0.497 e. The number of ketones is 1. The Bertz CT molecular complexity index is 1430. The first-order valence-electron chi connectivity index (χ1n) is 9.75. The highest BCUT2D eigenvalue weighted by Gasteiger charge is 2.15. The van der Waals surface area contributed by atoms with E-state index in [2.05, 4.69) is 4.98 Å². The van der Waals surface area contributed by atoms with Gasteiger partial charge in [0.15, 0.2) is 5.78 Å². The van der Waals surface area contributed by atoms with Crippen LogP contribution in [0.2, 0.25) is 0 Å². The summed E-state index contributed by atoms with van der Waals surface area (Å²) in [4.78, 5) is 28.2. The van der Waals surface area contributed by atoms with Gasteiger partial charge >= 0.3 is 5.63 Å². The molecule has 0 unspecified atom stereocenters. The van der Waals surface area contributed by atoms with Crippen molar-refractivity contribution in [2.75, 3.05) is 7.11 Å². The Balaban J connectivity index is 0.000000235. The van der Waals surface area contributed by atoms with E-state index in [1.54, 1.807) is 60.9 Å². The molecule has 2 aromatic heterocycles. The number of methoxy groups -OCH3 is 1. The maximum Gasteiger partial charge on any atom is 0.347 e. The van der Waals surface area contributed by atoms with Gasteiger partial charge in [0.25, 0.3) is 10.1 Å². The van der Waals surface area contributed by atoms with Crippen molar-refractivity contribution in [3.63, 3.8) is 0 Å². The van der Waals surface area contributed by atoms with Gasteiger partial charge in [-0.2, -0.15) is 8.42 Å². The van der Waals surface area contributed by atoms with Crippen LogP contribution in [-0.2, 0) is 16.5 Å². The second-order valence-corrected chi connectivity index (χ2v) is 8.52. The summed E-state index contributed by atoms with van der Waals surface area (Å²) in [5.74, 6) is 0.296. The summed E-state index contributed by atoms with van der Waals surface area (Å²) >= 11 is 0. The van der Waals surface area contributed by atoms with E-state index >= 15 is 0 Å². The summed E-state index contributed by atoms with van der Waals surface area (Å²) in [7, 11) is -2.49. The molecule has 2 aromatic carbocycles. The Labute approximate surface area is 190 Å². The molecule has 33 heavy (non-hydrogen) atoms. The van der Waals surface area contributed by atoms with Crippen molar-refractivity contribution in [1.29, 1.82) is 0 Å². The fraction of sp³-hybridized carbons (Fsp3) is 0.125. The second-order valence-electron chi connectivity index (χ2n) is 7.10. The molecular weight excluding hydrogens is 446 g/mol. The average molecular weight is 467 g/mol. The van der Waals surface area contributed by atoms with Crippen LogP contribution in [0, 0.1) is 6.92 Å². The van der Waals surface area contributed by atoms with E-state index in [0.717, 1.165) is 11.1 Å². The van der Waals surface area contributed by atoms with Gasteiger partial charge in [0, 0.05) is 30.3 Å². The molecule has 4 aromatic rings. The Kier molecular flexibility index (Phi) is 7.37. The Morgan fingerprint density at radius 2 is 1.82 bits per heavy atom. The average Bonchev–Trinajstić information content (AvgIpc) is 2.79. The fourth-order valence-electron chi connectivity index (χ4n) is 2.91. The summed E-state index contributed by atoms with van der Waals surface area (Å²) in [5.41, 5.74) is 1.50. The third-order valence-corrected chi connectivity index (χ3v) is 5.52. The van der Waals surface area contributed by atoms with Crippen LogP contribution in [0.4, 0.5) is 0 Å². The number of ether oxygens (including phenoxy) is 1.